The third-order valence-electron chi connectivity index (χ3n) is 4.34. The fourth-order valence-electron chi connectivity index (χ4n) is 3.00. The first kappa shape index (κ1) is 19.7. The Morgan fingerprint density at radius 1 is 1.10 bits per heavy atom. The van der Waals surface area contributed by atoms with Crippen molar-refractivity contribution in [3.8, 4) is 22.8 Å². The maximum atomic E-state index is 6.21. The summed E-state index contributed by atoms with van der Waals surface area (Å²) in [6.45, 7) is 5.06. The first-order valence-corrected chi connectivity index (χ1v) is 10.7. The maximum Gasteiger partial charge on any atom is 0.259 e. The Hall–Kier alpha value is -2.64. The minimum absolute atomic E-state index is 0.418. The summed E-state index contributed by atoms with van der Waals surface area (Å²) in [7, 11) is 0. The van der Waals surface area contributed by atoms with Crippen LogP contribution < -0.4 is 0 Å². The number of thioether (sulfide) groups is 1. The molecule has 0 aliphatic carbocycles. The SMILES string of the molecule is CCCn1c(SCc2noc(-c3ccccc3Cl)n2)nnc1-c1cccc(C)c1. The Balaban J connectivity index is 1.54. The van der Waals surface area contributed by atoms with Crippen molar-refractivity contribution in [2.24, 2.45) is 0 Å². The van der Waals surface area contributed by atoms with E-state index in [1.54, 1.807) is 17.8 Å². The normalized spacial score (nSPS) is 11.1. The average molecular weight is 426 g/mol. The van der Waals surface area contributed by atoms with Crippen LogP contribution in [0.4, 0.5) is 0 Å². The summed E-state index contributed by atoms with van der Waals surface area (Å²) in [4.78, 5) is 4.47. The van der Waals surface area contributed by atoms with Gasteiger partial charge in [-0.25, -0.2) is 0 Å². The number of aryl methyl sites for hydroxylation is 1. The van der Waals surface area contributed by atoms with Gasteiger partial charge in [0.05, 0.1) is 16.3 Å². The van der Waals surface area contributed by atoms with E-state index in [1.165, 1.54) is 5.56 Å². The molecule has 0 saturated carbocycles. The molecule has 4 aromatic rings. The molecule has 0 bridgehead atoms. The van der Waals surface area contributed by atoms with Gasteiger partial charge in [0.25, 0.3) is 5.89 Å². The third-order valence-corrected chi connectivity index (χ3v) is 5.64. The predicted octanol–water partition coefficient (Wildman–Crippen LogP) is 5.66. The van der Waals surface area contributed by atoms with Crippen molar-refractivity contribution in [1.29, 1.82) is 0 Å². The smallest absolute Gasteiger partial charge is 0.259 e. The molecule has 2 heterocycles. The molecule has 0 radical (unpaired) electrons. The third kappa shape index (κ3) is 4.36. The van der Waals surface area contributed by atoms with Gasteiger partial charge in [-0.2, -0.15) is 4.98 Å². The summed E-state index contributed by atoms with van der Waals surface area (Å²) < 4.78 is 7.53. The number of hydrogen-bond acceptors (Lipinski definition) is 6. The van der Waals surface area contributed by atoms with Crippen molar-refractivity contribution < 1.29 is 4.52 Å². The molecule has 0 fully saturated rings. The van der Waals surface area contributed by atoms with Gasteiger partial charge in [-0.3, -0.25) is 0 Å². The quantitative estimate of drug-likeness (QED) is 0.356. The monoisotopic (exact) mass is 425 g/mol. The van der Waals surface area contributed by atoms with Gasteiger partial charge >= 0.3 is 0 Å². The molecule has 2 aromatic carbocycles. The van der Waals surface area contributed by atoms with Gasteiger partial charge in [0, 0.05) is 12.1 Å². The van der Waals surface area contributed by atoms with Crippen molar-refractivity contribution in [2.45, 2.75) is 37.7 Å². The molecule has 29 heavy (non-hydrogen) atoms. The number of benzene rings is 2. The molecule has 6 nitrogen and oxygen atoms in total. The van der Waals surface area contributed by atoms with Gasteiger partial charge in [0.15, 0.2) is 16.8 Å². The van der Waals surface area contributed by atoms with Crippen molar-refractivity contribution >= 4 is 23.4 Å². The molecular weight excluding hydrogens is 406 g/mol. The zero-order chi connectivity index (χ0) is 20.2. The van der Waals surface area contributed by atoms with E-state index in [4.69, 9.17) is 16.1 Å². The molecule has 4 rings (SSSR count). The van der Waals surface area contributed by atoms with Crippen LogP contribution in [0.5, 0.6) is 0 Å². The second kappa shape index (κ2) is 8.80. The number of aromatic nitrogens is 5. The molecule has 0 atom stereocenters. The largest absolute Gasteiger partial charge is 0.334 e. The molecule has 0 amide bonds. The molecule has 148 valence electrons. The van der Waals surface area contributed by atoms with E-state index in [1.807, 2.05) is 24.3 Å². The number of rotatable bonds is 7. The highest BCUT2D eigenvalue weighted by Gasteiger charge is 2.16. The lowest BCUT2D eigenvalue weighted by Crippen LogP contribution is -2.02. The maximum absolute atomic E-state index is 6.21. The lowest BCUT2D eigenvalue weighted by molar-refractivity contribution is 0.425. The molecule has 0 aliphatic rings. The summed E-state index contributed by atoms with van der Waals surface area (Å²) in [5, 5.41) is 14.3. The van der Waals surface area contributed by atoms with Gasteiger partial charge < -0.3 is 9.09 Å². The lowest BCUT2D eigenvalue weighted by Gasteiger charge is -2.08. The van der Waals surface area contributed by atoms with Crippen LogP contribution in [-0.2, 0) is 12.3 Å². The Morgan fingerprint density at radius 3 is 2.76 bits per heavy atom. The van der Waals surface area contributed by atoms with Gasteiger partial charge in [-0.05, 0) is 31.5 Å². The van der Waals surface area contributed by atoms with Crippen LogP contribution in [0.1, 0.15) is 24.7 Å². The molecule has 0 N–H and O–H groups in total. The number of halogens is 1. The van der Waals surface area contributed by atoms with Crippen LogP contribution in [0.3, 0.4) is 0 Å². The zero-order valence-electron chi connectivity index (χ0n) is 16.2. The fourth-order valence-corrected chi connectivity index (χ4v) is 4.03. The van der Waals surface area contributed by atoms with Gasteiger partial charge in [0.1, 0.15) is 0 Å². The Kier molecular flexibility index (Phi) is 5.97. The standard InChI is InChI=1S/C21H20ClN5OS/c1-3-11-27-19(15-8-6-7-14(2)12-15)24-25-21(27)29-13-18-23-20(28-26-18)16-9-4-5-10-17(16)22/h4-10,12H,3,11,13H2,1-2H3. The summed E-state index contributed by atoms with van der Waals surface area (Å²) in [6.07, 6.45) is 0.989. The first-order chi connectivity index (χ1) is 14.2. The molecule has 0 spiro atoms. The van der Waals surface area contributed by atoms with Crippen LogP contribution in [0.2, 0.25) is 5.02 Å². The fraction of sp³-hybridized carbons (Fsp3) is 0.238. The van der Waals surface area contributed by atoms with Gasteiger partial charge in [-0.1, -0.05) is 71.3 Å². The first-order valence-electron chi connectivity index (χ1n) is 9.36. The Labute approximate surface area is 178 Å². The Bertz CT molecular complexity index is 1120. The van der Waals surface area contributed by atoms with E-state index >= 15 is 0 Å². The van der Waals surface area contributed by atoms with Crippen LogP contribution in [0.25, 0.3) is 22.8 Å². The number of nitrogens with zero attached hydrogens (tertiary/aromatic N) is 5. The van der Waals surface area contributed by atoms with E-state index in [0.29, 0.717) is 22.5 Å². The summed E-state index contributed by atoms with van der Waals surface area (Å²) in [6, 6.07) is 15.7. The molecule has 0 unspecified atom stereocenters. The van der Waals surface area contributed by atoms with E-state index in [9.17, 15) is 0 Å². The van der Waals surface area contributed by atoms with E-state index in [0.717, 1.165) is 35.1 Å². The molecular formula is C21H20ClN5OS. The minimum Gasteiger partial charge on any atom is -0.334 e. The van der Waals surface area contributed by atoms with E-state index < -0.39 is 0 Å². The van der Waals surface area contributed by atoms with Crippen LogP contribution in [0, 0.1) is 6.92 Å². The highest BCUT2D eigenvalue weighted by Crippen LogP contribution is 2.29. The molecule has 0 aliphatic heterocycles. The van der Waals surface area contributed by atoms with Crippen molar-refractivity contribution in [3.05, 3.63) is 64.9 Å². The highest BCUT2D eigenvalue weighted by atomic mass is 35.5. The second-order valence-electron chi connectivity index (χ2n) is 6.61. The van der Waals surface area contributed by atoms with Crippen LogP contribution in [0.15, 0.2) is 58.2 Å². The van der Waals surface area contributed by atoms with Crippen LogP contribution >= 0.6 is 23.4 Å². The zero-order valence-corrected chi connectivity index (χ0v) is 17.7. The molecule has 0 saturated heterocycles. The van der Waals surface area contributed by atoms with E-state index in [2.05, 4.69) is 57.0 Å². The Morgan fingerprint density at radius 2 is 1.97 bits per heavy atom. The van der Waals surface area contributed by atoms with Crippen molar-refractivity contribution in [3.63, 3.8) is 0 Å². The summed E-state index contributed by atoms with van der Waals surface area (Å²) in [5.41, 5.74) is 2.99. The lowest BCUT2D eigenvalue weighted by atomic mass is 10.1. The highest BCUT2D eigenvalue weighted by molar-refractivity contribution is 7.98. The topological polar surface area (TPSA) is 69.6 Å². The second-order valence-corrected chi connectivity index (χ2v) is 7.96. The average Bonchev–Trinajstić information content (AvgIpc) is 3.34. The summed E-state index contributed by atoms with van der Waals surface area (Å²) in [5.74, 6) is 2.42. The molecule has 2 aromatic heterocycles. The van der Waals surface area contributed by atoms with Gasteiger partial charge in [0.2, 0.25) is 0 Å². The number of hydrogen-bond donors (Lipinski definition) is 0. The van der Waals surface area contributed by atoms with Crippen molar-refractivity contribution in [1.82, 2.24) is 24.9 Å². The van der Waals surface area contributed by atoms with Gasteiger partial charge in [-0.15, -0.1) is 10.2 Å². The summed E-state index contributed by atoms with van der Waals surface area (Å²) >= 11 is 7.76. The minimum atomic E-state index is 0.418. The van der Waals surface area contributed by atoms with E-state index in [-0.39, 0.29) is 0 Å². The predicted molar refractivity (Wildman–Crippen MR) is 115 cm³/mol. The van der Waals surface area contributed by atoms with Crippen LogP contribution in [-0.4, -0.2) is 24.9 Å². The molecule has 8 heteroatoms. The van der Waals surface area contributed by atoms with Crippen molar-refractivity contribution in [2.75, 3.05) is 0 Å².